The molecule has 2 aliphatic heterocycles. The Morgan fingerprint density at radius 1 is 1.33 bits per heavy atom. The SMILES string of the molecule is CCNC(=NCc1ccc(OC)c(Br)c1)N1CCC(N2CCOCC2)C1.I. The average Bonchev–Trinajstić information content (AvgIpc) is 3.16. The molecule has 1 atom stereocenters. The second-order valence-corrected chi connectivity index (χ2v) is 7.53. The molecule has 3 rings (SSSR count). The molecule has 2 aliphatic rings. The summed E-state index contributed by atoms with van der Waals surface area (Å²) in [6, 6.07) is 6.73. The lowest BCUT2D eigenvalue weighted by atomic mass is 10.2. The number of morpholine rings is 1. The van der Waals surface area contributed by atoms with E-state index in [4.69, 9.17) is 14.5 Å². The quantitative estimate of drug-likeness (QED) is 0.346. The third-order valence-corrected chi connectivity index (χ3v) is 5.61. The highest BCUT2D eigenvalue weighted by molar-refractivity contribution is 14.0. The average molecular weight is 553 g/mol. The Labute approximate surface area is 187 Å². The largest absolute Gasteiger partial charge is 0.496 e. The first kappa shape index (κ1) is 22.7. The number of rotatable bonds is 5. The number of methoxy groups -OCH3 is 1. The van der Waals surface area contributed by atoms with Crippen molar-refractivity contribution < 1.29 is 9.47 Å². The zero-order valence-electron chi connectivity index (χ0n) is 16.1. The lowest BCUT2D eigenvalue weighted by molar-refractivity contribution is 0.0195. The number of guanidine groups is 1. The van der Waals surface area contributed by atoms with Crippen molar-refractivity contribution in [1.82, 2.24) is 15.1 Å². The third kappa shape index (κ3) is 6.20. The van der Waals surface area contributed by atoms with Crippen LogP contribution in [0.1, 0.15) is 18.9 Å². The molecule has 1 N–H and O–H groups in total. The van der Waals surface area contributed by atoms with Crippen molar-refractivity contribution >= 4 is 45.9 Å². The van der Waals surface area contributed by atoms with Gasteiger partial charge in [0.1, 0.15) is 5.75 Å². The standard InChI is InChI=1S/C19H29BrN4O2.HI/c1-3-21-19(22-13-15-4-5-18(25-2)17(20)12-15)24-7-6-16(14-24)23-8-10-26-11-9-23;/h4-5,12,16H,3,6-11,13-14H2,1-2H3,(H,21,22);1H. The van der Waals surface area contributed by atoms with Crippen molar-refractivity contribution in [1.29, 1.82) is 0 Å². The minimum Gasteiger partial charge on any atom is -0.496 e. The zero-order valence-corrected chi connectivity index (χ0v) is 20.0. The minimum atomic E-state index is 0. The van der Waals surface area contributed by atoms with Gasteiger partial charge in [-0.3, -0.25) is 4.90 Å². The van der Waals surface area contributed by atoms with Crippen molar-refractivity contribution in [2.75, 3.05) is 53.0 Å². The van der Waals surface area contributed by atoms with Crippen molar-refractivity contribution in [3.05, 3.63) is 28.2 Å². The summed E-state index contributed by atoms with van der Waals surface area (Å²) in [4.78, 5) is 9.82. The van der Waals surface area contributed by atoms with Gasteiger partial charge in [0.15, 0.2) is 5.96 Å². The number of nitrogens with zero attached hydrogens (tertiary/aromatic N) is 3. The van der Waals surface area contributed by atoms with Gasteiger partial charge in [-0.25, -0.2) is 4.99 Å². The number of likely N-dealkylation sites (tertiary alicyclic amines) is 1. The van der Waals surface area contributed by atoms with E-state index in [-0.39, 0.29) is 24.0 Å². The molecule has 1 unspecified atom stereocenters. The van der Waals surface area contributed by atoms with Gasteiger partial charge in [0.05, 0.1) is 31.3 Å². The topological polar surface area (TPSA) is 49.3 Å². The van der Waals surface area contributed by atoms with Crippen LogP contribution in [0.3, 0.4) is 0 Å². The minimum absolute atomic E-state index is 0. The van der Waals surface area contributed by atoms with E-state index in [1.54, 1.807) is 7.11 Å². The van der Waals surface area contributed by atoms with Crippen LogP contribution in [-0.4, -0.2) is 74.8 Å². The monoisotopic (exact) mass is 552 g/mol. The molecular formula is C19H30BrIN4O2. The molecule has 2 fully saturated rings. The molecule has 0 aromatic heterocycles. The summed E-state index contributed by atoms with van der Waals surface area (Å²) in [5, 5.41) is 3.45. The Hall–Kier alpha value is -0.580. The number of hydrogen-bond donors (Lipinski definition) is 1. The third-order valence-electron chi connectivity index (χ3n) is 4.99. The normalized spacial score (nSPS) is 21.1. The van der Waals surface area contributed by atoms with Crippen LogP contribution in [0.4, 0.5) is 0 Å². The summed E-state index contributed by atoms with van der Waals surface area (Å²) >= 11 is 3.55. The molecule has 2 heterocycles. The molecule has 2 saturated heterocycles. The van der Waals surface area contributed by atoms with Crippen LogP contribution in [-0.2, 0) is 11.3 Å². The van der Waals surface area contributed by atoms with Gasteiger partial charge >= 0.3 is 0 Å². The predicted octanol–water partition coefficient (Wildman–Crippen LogP) is 2.95. The number of ether oxygens (including phenoxy) is 2. The van der Waals surface area contributed by atoms with E-state index in [0.717, 1.165) is 67.7 Å². The molecule has 1 aromatic rings. The van der Waals surface area contributed by atoms with Crippen molar-refractivity contribution in [3.8, 4) is 5.75 Å². The number of nitrogens with one attached hydrogen (secondary N) is 1. The van der Waals surface area contributed by atoms with E-state index < -0.39 is 0 Å². The fourth-order valence-electron chi connectivity index (χ4n) is 3.58. The number of benzene rings is 1. The molecule has 0 saturated carbocycles. The van der Waals surface area contributed by atoms with Gasteiger partial charge in [0.2, 0.25) is 0 Å². The number of hydrogen-bond acceptors (Lipinski definition) is 4. The molecule has 0 radical (unpaired) electrons. The first-order valence-electron chi connectivity index (χ1n) is 9.38. The van der Waals surface area contributed by atoms with E-state index in [0.29, 0.717) is 12.6 Å². The van der Waals surface area contributed by atoms with E-state index >= 15 is 0 Å². The first-order chi connectivity index (χ1) is 12.7. The fourth-order valence-corrected chi connectivity index (χ4v) is 4.16. The summed E-state index contributed by atoms with van der Waals surface area (Å²) in [7, 11) is 1.68. The van der Waals surface area contributed by atoms with Crippen LogP contribution in [0.25, 0.3) is 0 Å². The Bertz CT molecular complexity index is 626. The Kier molecular flexibility index (Phi) is 9.61. The van der Waals surface area contributed by atoms with Crippen LogP contribution in [0.5, 0.6) is 5.75 Å². The molecule has 6 nitrogen and oxygen atoms in total. The summed E-state index contributed by atoms with van der Waals surface area (Å²) < 4.78 is 11.7. The Morgan fingerprint density at radius 2 is 2.11 bits per heavy atom. The molecule has 0 aliphatic carbocycles. The smallest absolute Gasteiger partial charge is 0.194 e. The summed E-state index contributed by atoms with van der Waals surface area (Å²) in [6.45, 7) is 9.56. The van der Waals surface area contributed by atoms with Gasteiger partial charge in [-0.2, -0.15) is 0 Å². The fraction of sp³-hybridized carbons (Fsp3) is 0.632. The predicted molar refractivity (Wildman–Crippen MR) is 123 cm³/mol. The molecule has 27 heavy (non-hydrogen) atoms. The molecule has 152 valence electrons. The molecule has 0 amide bonds. The lowest BCUT2D eigenvalue weighted by Gasteiger charge is -2.32. The van der Waals surface area contributed by atoms with Gasteiger partial charge in [-0.15, -0.1) is 24.0 Å². The molecule has 1 aromatic carbocycles. The zero-order chi connectivity index (χ0) is 18.4. The van der Waals surface area contributed by atoms with Crippen LogP contribution in [0.2, 0.25) is 0 Å². The summed E-state index contributed by atoms with van der Waals surface area (Å²) in [5.74, 6) is 1.85. The van der Waals surface area contributed by atoms with Gasteiger partial charge in [-0.05, 0) is 47.0 Å². The Morgan fingerprint density at radius 3 is 2.78 bits per heavy atom. The van der Waals surface area contributed by atoms with Gasteiger partial charge in [0, 0.05) is 38.8 Å². The lowest BCUT2D eigenvalue weighted by Crippen LogP contribution is -2.46. The maximum absolute atomic E-state index is 5.48. The van der Waals surface area contributed by atoms with Crippen molar-refractivity contribution in [2.24, 2.45) is 4.99 Å². The van der Waals surface area contributed by atoms with Crippen LogP contribution >= 0.6 is 39.9 Å². The first-order valence-corrected chi connectivity index (χ1v) is 10.2. The highest BCUT2D eigenvalue weighted by Gasteiger charge is 2.30. The van der Waals surface area contributed by atoms with Gasteiger partial charge in [0.25, 0.3) is 0 Å². The Balaban J connectivity index is 0.00000261. The van der Waals surface area contributed by atoms with Crippen LogP contribution in [0, 0.1) is 0 Å². The van der Waals surface area contributed by atoms with E-state index in [1.807, 2.05) is 6.07 Å². The second kappa shape index (κ2) is 11.4. The van der Waals surface area contributed by atoms with E-state index in [2.05, 4.69) is 50.1 Å². The second-order valence-electron chi connectivity index (χ2n) is 6.68. The molecular weight excluding hydrogens is 523 g/mol. The van der Waals surface area contributed by atoms with E-state index in [9.17, 15) is 0 Å². The van der Waals surface area contributed by atoms with Gasteiger partial charge < -0.3 is 19.7 Å². The van der Waals surface area contributed by atoms with E-state index in [1.165, 1.54) is 6.42 Å². The van der Waals surface area contributed by atoms with Crippen molar-refractivity contribution in [3.63, 3.8) is 0 Å². The maximum Gasteiger partial charge on any atom is 0.194 e. The number of halogens is 2. The number of aliphatic imine (C=N–C) groups is 1. The van der Waals surface area contributed by atoms with Gasteiger partial charge in [-0.1, -0.05) is 6.07 Å². The van der Waals surface area contributed by atoms with Crippen molar-refractivity contribution in [2.45, 2.75) is 25.9 Å². The summed E-state index contributed by atoms with van der Waals surface area (Å²) in [5.41, 5.74) is 1.16. The molecule has 0 spiro atoms. The highest BCUT2D eigenvalue weighted by atomic mass is 127. The maximum atomic E-state index is 5.48. The summed E-state index contributed by atoms with van der Waals surface area (Å²) in [6.07, 6.45) is 1.19. The highest BCUT2D eigenvalue weighted by Crippen LogP contribution is 2.26. The molecule has 0 bridgehead atoms. The molecule has 8 heteroatoms. The van der Waals surface area contributed by atoms with Crippen LogP contribution < -0.4 is 10.1 Å². The van der Waals surface area contributed by atoms with Crippen LogP contribution in [0.15, 0.2) is 27.7 Å².